The van der Waals surface area contributed by atoms with Crippen LogP contribution < -0.4 is 10.1 Å². The molecule has 0 saturated carbocycles. The van der Waals surface area contributed by atoms with Crippen molar-refractivity contribution in [1.82, 2.24) is 15.2 Å². The number of anilines is 1. The molecule has 0 aliphatic rings. The molecule has 11 heteroatoms. The number of rotatable bonds is 10. The van der Waals surface area contributed by atoms with Gasteiger partial charge in [0.1, 0.15) is 10.8 Å². The summed E-state index contributed by atoms with van der Waals surface area (Å²) in [4.78, 5) is 41.7. The average molecular weight is 489 g/mol. The predicted octanol–water partition coefficient (Wildman–Crippen LogP) is 4.35. The maximum Gasteiger partial charge on any atom is 0.341 e. The van der Waals surface area contributed by atoms with Crippen LogP contribution in [-0.2, 0) is 9.53 Å². The quantitative estimate of drug-likeness (QED) is 0.245. The van der Waals surface area contributed by atoms with Crippen LogP contribution in [0.1, 0.15) is 46.4 Å². The second kappa shape index (κ2) is 11.1. The summed E-state index contributed by atoms with van der Waals surface area (Å²) in [5, 5.41) is 10.4. The number of nitrogens with one attached hydrogen (secondary N) is 2. The summed E-state index contributed by atoms with van der Waals surface area (Å²) in [6, 6.07) is 7.47. The maximum atomic E-state index is 12.6. The van der Waals surface area contributed by atoms with Crippen LogP contribution in [0, 0.1) is 6.92 Å². The van der Waals surface area contributed by atoms with Gasteiger partial charge in [0.25, 0.3) is 0 Å². The lowest BCUT2D eigenvalue weighted by Crippen LogP contribution is -2.16. The molecule has 0 aliphatic heterocycles. The summed E-state index contributed by atoms with van der Waals surface area (Å²) in [5.41, 5.74) is 1.48. The smallest absolute Gasteiger partial charge is 0.341 e. The van der Waals surface area contributed by atoms with Gasteiger partial charge in [-0.05, 0) is 45.4 Å². The third-order valence-electron chi connectivity index (χ3n) is 4.44. The summed E-state index contributed by atoms with van der Waals surface area (Å²) in [6.45, 7) is 7.39. The monoisotopic (exact) mass is 488 g/mol. The van der Waals surface area contributed by atoms with E-state index in [1.54, 1.807) is 13.8 Å². The third-order valence-corrected chi connectivity index (χ3v) is 6.59. The lowest BCUT2D eigenvalue weighted by atomic mass is 10.1. The number of hydrogen-bond donors (Lipinski definition) is 2. The molecule has 0 bridgehead atoms. The Morgan fingerprint density at radius 3 is 2.64 bits per heavy atom. The zero-order valence-corrected chi connectivity index (χ0v) is 20.3. The molecule has 3 aromatic rings. The Balaban J connectivity index is 1.70. The van der Waals surface area contributed by atoms with Gasteiger partial charge in [0, 0.05) is 0 Å². The van der Waals surface area contributed by atoms with Crippen LogP contribution in [0.15, 0.2) is 29.4 Å². The molecule has 1 aromatic carbocycles. The highest BCUT2D eigenvalue weighted by atomic mass is 32.2. The van der Waals surface area contributed by atoms with Crippen molar-refractivity contribution in [3.05, 3.63) is 40.3 Å². The Kier molecular flexibility index (Phi) is 8.23. The summed E-state index contributed by atoms with van der Waals surface area (Å²) in [6.07, 6.45) is 0. The number of carbonyl (C=O) groups excluding carboxylic acids is 3. The molecule has 0 aliphatic carbocycles. The van der Waals surface area contributed by atoms with Crippen LogP contribution in [0.2, 0.25) is 0 Å². The number of carbonyl (C=O) groups is 3. The van der Waals surface area contributed by atoms with Crippen LogP contribution >= 0.6 is 23.1 Å². The number of thioether (sulfide) groups is 1. The number of H-pyrrole nitrogens is 1. The number of thiophene rings is 1. The number of ether oxygens (including phenoxy) is 2. The largest absolute Gasteiger partial charge is 0.493 e. The van der Waals surface area contributed by atoms with E-state index in [0.717, 1.165) is 28.7 Å². The van der Waals surface area contributed by atoms with Crippen molar-refractivity contribution in [2.75, 3.05) is 24.3 Å². The molecule has 2 N–H and O–H groups in total. The van der Waals surface area contributed by atoms with Gasteiger partial charge in [0.2, 0.25) is 11.1 Å². The molecule has 0 fully saturated rings. The van der Waals surface area contributed by atoms with Gasteiger partial charge in [-0.3, -0.25) is 14.7 Å². The first-order valence-electron chi connectivity index (χ1n) is 10.2. The van der Waals surface area contributed by atoms with Crippen molar-refractivity contribution < 1.29 is 23.9 Å². The molecule has 2 heterocycles. The van der Waals surface area contributed by atoms with Crippen LogP contribution in [0.25, 0.3) is 11.4 Å². The van der Waals surface area contributed by atoms with Gasteiger partial charge >= 0.3 is 5.97 Å². The number of aromatic amines is 1. The highest BCUT2D eigenvalue weighted by Crippen LogP contribution is 2.34. The fourth-order valence-corrected chi connectivity index (χ4v) is 4.76. The topological polar surface area (TPSA) is 123 Å². The van der Waals surface area contributed by atoms with Crippen LogP contribution in [0.3, 0.4) is 0 Å². The molecular formula is C22H24N4O5S2. The summed E-state index contributed by atoms with van der Waals surface area (Å²) < 4.78 is 10.7. The molecule has 0 spiro atoms. The zero-order chi connectivity index (χ0) is 24.0. The lowest BCUT2D eigenvalue weighted by Gasteiger charge is -2.07. The second-order valence-corrected chi connectivity index (χ2v) is 8.73. The lowest BCUT2D eigenvalue weighted by molar-refractivity contribution is -0.113. The van der Waals surface area contributed by atoms with Crippen molar-refractivity contribution in [2.45, 2.75) is 32.9 Å². The van der Waals surface area contributed by atoms with Gasteiger partial charge in [0.05, 0.1) is 35.0 Å². The molecule has 0 atom stereocenters. The zero-order valence-electron chi connectivity index (χ0n) is 18.7. The molecule has 0 radical (unpaired) electrons. The predicted molar refractivity (Wildman–Crippen MR) is 127 cm³/mol. The molecule has 33 heavy (non-hydrogen) atoms. The van der Waals surface area contributed by atoms with Crippen LogP contribution in [0.5, 0.6) is 5.75 Å². The summed E-state index contributed by atoms with van der Waals surface area (Å²) in [7, 11) is 0. The first-order chi connectivity index (χ1) is 15.8. The summed E-state index contributed by atoms with van der Waals surface area (Å²) in [5.74, 6) is 0.117. The third kappa shape index (κ3) is 5.79. The van der Waals surface area contributed by atoms with Crippen molar-refractivity contribution in [3.63, 3.8) is 0 Å². The van der Waals surface area contributed by atoms with Crippen molar-refractivity contribution in [1.29, 1.82) is 0 Å². The number of Topliss-reactive ketones (excluding diaryl/α,β-unsaturated/α-hetero) is 1. The van der Waals surface area contributed by atoms with Crippen LogP contribution in [-0.4, -0.2) is 51.8 Å². The number of nitrogens with zero attached hydrogens (tertiary/aromatic N) is 2. The van der Waals surface area contributed by atoms with Crippen molar-refractivity contribution in [2.24, 2.45) is 0 Å². The van der Waals surface area contributed by atoms with Crippen molar-refractivity contribution in [3.8, 4) is 17.1 Å². The van der Waals surface area contributed by atoms with E-state index in [0.29, 0.717) is 38.8 Å². The number of aromatic nitrogens is 3. The Bertz CT molecular complexity index is 1170. The van der Waals surface area contributed by atoms with Gasteiger partial charge < -0.3 is 14.8 Å². The molecule has 3 rings (SSSR count). The maximum absolute atomic E-state index is 12.6. The fraction of sp³-hybridized carbons (Fsp3) is 0.318. The first kappa shape index (κ1) is 24.5. The van der Waals surface area contributed by atoms with E-state index in [2.05, 4.69) is 20.5 Å². The summed E-state index contributed by atoms with van der Waals surface area (Å²) >= 11 is 2.20. The van der Waals surface area contributed by atoms with Gasteiger partial charge in [0.15, 0.2) is 11.6 Å². The Hall–Kier alpha value is -3.18. The molecular weight excluding hydrogens is 464 g/mol. The van der Waals surface area contributed by atoms with Crippen LogP contribution in [0.4, 0.5) is 5.00 Å². The first-order valence-corrected chi connectivity index (χ1v) is 12.0. The molecule has 174 valence electrons. The molecule has 2 aromatic heterocycles. The van der Waals surface area contributed by atoms with E-state index in [1.165, 1.54) is 6.92 Å². The fourth-order valence-electron chi connectivity index (χ4n) is 3.05. The van der Waals surface area contributed by atoms with E-state index in [4.69, 9.17) is 9.47 Å². The van der Waals surface area contributed by atoms with Crippen molar-refractivity contribution >= 4 is 45.8 Å². The van der Waals surface area contributed by atoms with Gasteiger partial charge in [-0.15, -0.1) is 16.4 Å². The number of benzene rings is 1. The van der Waals surface area contributed by atoms with E-state index in [1.807, 2.05) is 31.2 Å². The van der Waals surface area contributed by atoms with E-state index in [-0.39, 0.29) is 29.6 Å². The number of amides is 1. The van der Waals surface area contributed by atoms with E-state index in [9.17, 15) is 14.4 Å². The Morgan fingerprint density at radius 2 is 1.94 bits per heavy atom. The number of esters is 1. The highest BCUT2D eigenvalue weighted by molar-refractivity contribution is 7.99. The molecule has 0 unspecified atom stereocenters. The molecule has 9 nitrogen and oxygen atoms in total. The number of hydrogen-bond acceptors (Lipinski definition) is 9. The highest BCUT2D eigenvalue weighted by Gasteiger charge is 2.25. The average Bonchev–Trinajstić information content (AvgIpc) is 3.37. The van der Waals surface area contributed by atoms with E-state index < -0.39 is 5.97 Å². The van der Waals surface area contributed by atoms with E-state index >= 15 is 0 Å². The number of ketones is 1. The molecule has 1 amide bonds. The SMILES string of the molecule is CCOC(=O)c1c(NC(=O)CSc2n[nH]c(-c3ccccc3OCC)n2)sc(C(C)=O)c1C. The minimum Gasteiger partial charge on any atom is -0.493 e. The Labute approximate surface area is 199 Å². The molecule has 0 saturated heterocycles. The number of para-hydroxylation sites is 1. The standard InChI is InChI=1S/C22H24N4O5S2/c1-5-30-15-10-8-7-9-14(15)19-24-22(26-25-19)32-11-16(28)23-20-17(21(29)31-6-2)12(3)18(33-20)13(4)27/h7-10H,5-6,11H2,1-4H3,(H,23,28)(H,24,25,26). The normalized spacial score (nSPS) is 10.7. The van der Waals surface area contributed by atoms with Gasteiger partial charge in [-0.2, -0.15) is 0 Å². The minimum absolute atomic E-state index is 0.0129. The second-order valence-electron chi connectivity index (χ2n) is 6.77. The van der Waals surface area contributed by atoms with Gasteiger partial charge in [-0.25, -0.2) is 9.78 Å². The Morgan fingerprint density at radius 1 is 1.18 bits per heavy atom. The van der Waals surface area contributed by atoms with Gasteiger partial charge in [-0.1, -0.05) is 23.9 Å². The minimum atomic E-state index is -0.576.